The topological polar surface area (TPSA) is 82.0 Å². The van der Waals surface area contributed by atoms with Gasteiger partial charge in [0.2, 0.25) is 5.17 Å². The molecule has 1 aromatic carbocycles. The lowest BCUT2D eigenvalue weighted by atomic mass is 9.90. The number of hydrazone groups is 1. The van der Waals surface area contributed by atoms with Crippen LogP contribution in [0.1, 0.15) is 43.4 Å². The predicted octanol–water partition coefficient (Wildman–Crippen LogP) is 5.94. The molecule has 0 unspecified atom stereocenters. The van der Waals surface area contributed by atoms with Crippen molar-refractivity contribution < 1.29 is 9.21 Å². The Labute approximate surface area is 189 Å². The molecule has 3 aliphatic rings. The number of benzene rings is 1. The summed E-state index contributed by atoms with van der Waals surface area (Å²) >= 11 is 2.95. The predicted molar refractivity (Wildman–Crippen MR) is 126 cm³/mol. The van der Waals surface area contributed by atoms with Crippen molar-refractivity contribution >= 4 is 51.6 Å². The SMILES string of the molecule is Cc1ccc(Sc2ccc(C=C3C(=N)N4N=C(C5CCCCC5)SC4=NC3=O)o2)cc1. The second-order valence-electron chi connectivity index (χ2n) is 7.87. The van der Waals surface area contributed by atoms with E-state index >= 15 is 0 Å². The van der Waals surface area contributed by atoms with Gasteiger partial charge in [-0.25, -0.2) is 0 Å². The van der Waals surface area contributed by atoms with Crippen LogP contribution in [0.2, 0.25) is 0 Å². The number of carbonyl (C=O) groups excluding carboxylic acids is 1. The van der Waals surface area contributed by atoms with E-state index in [4.69, 9.17) is 9.83 Å². The van der Waals surface area contributed by atoms with Crippen molar-refractivity contribution in [3.63, 3.8) is 0 Å². The monoisotopic (exact) mass is 450 g/mol. The van der Waals surface area contributed by atoms with Crippen molar-refractivity contribution in [3.05, 3.63) is 53.3 Å². The molecule has 6 nitrogen and oxygen atoms in total. The van der Waals surface area contributed by atoms with Gasteiger partial charge < -0.3 is 4.42 Å². The van der Waals surface area contributed by atoms with E-state index in [0.29, 0.717) is 16.8 Å². The maximum atomic E-state index is 12.6. The van der Waals surface area contributed by atoms with E-state index in [-0.39, 0.29) is 11.4 Å². The molecular weight excluding hydrogens is 428 g/mol. The molecule has 1 saturated carbocycles. The van der Waals surface area contributed by atoms with E-state index in [2.05, 4.69) is 29.2 Å². The Morgan fingerprint density at radius 3 is 2.71 bits per heavy atom. The highest BCUT2D eigenvalue weighted by Crippen LogP contribution is 2.36. The largest absolute Gasteiger partial charge is 0.450 e. The van der Waals surface area contributed by atoms with Gasteiger partial charge in [-0.15, -0.1) is 0 Å². The molecule has 31 heavy (non-hydrogen) atoms. The third-order valence-corrected chi connectivity index (χ3v) is 7.55. The molecule has 1 fully saturated rings. The van der Waals surface area contributed by atoms with Crippen LogP contribution in [0, 0.1) is 18.3 Å². The molecular formula is C23H22N4O2S2. The van der Waals surface area contributed by atoms with Gasteiger partial charge in [0, 0.05) is 10.8 Å². The number of thioether (sulfide) groups is 1. The Balaban J connectivity index is 1.34. The van der Waals surface area contributed by atoms with E-state index in [1.807, 2.05) is 18.2 Å². The third-order valence-electron chi connectivity index (χ3n) is 5.55. The number of hydrogen-bond acceptors (Lipinski definition) is 6. The Hall–Kier alpha value is -2.58. The Kier molecular flexibility index (Phi) is 5.58. The average Bonchev–Trinajstić information content (AvgIpc) is 3.40. The normalized spacial score (nSPS) is 20.8. The molecule has 1 aromatic heterocycles. The van der Waals surface area contributed by atoms with Crippen molar-refractivity contribution in [2.45, 2.75) is 49.0 Å². The number of furan rings is 1. The van der Waals surface area contributed by atoms with Gasteiger partial charge in [-0.3, -0.25) is 10.2 Å². The minimum atomic E-state index is -0.423. The molecule has 158 valence electrons. The second kappa shape index (κ2) is 8.51. The maximum Gasteiger partial charge on any atom is 0.283 e. The van der Waals surface area contributed by atoms with E-state index in [0.717, 1.165) is 27.9 Å². The lowest BCUT2D eigenvalue weighted by Gasteiger charge is -2.20. The zero-order chi connectivity index (χ0) is 21.4. The summed E-state index contributed by atoms with van der Waals surface area (Å²) in [6.45, 7) is 2.05. The van der Waals surface area contributed by atoms with Gasteiger partial charge in [-0.05, 0) is 61.9 Å². The van der Waals surface area contributed by atoms with Crippen LogP contribution in [0.15, 0.2) is 66.5 Å². The van der Waals surface area contributed by atoms with Crippen molar-refractivity contribution in [2.24, 2.45) is 16.0 Å². The smallest absolute Gasteiger partial charge is 0.283 e. The molecule has 8 heteroatoms. The first kappa shape index (κ1) is 20.3. The highest BCUT2D eigenvalue weighted by atomic mass is 32.2. The summed E-state index contributed by atoms with van der Waals surface area (Å²) in [5.74, 6) is 0.559. The standard InChI is InChI=1S/C23H22N4O2S2/c1-14-7-10-17(11-8-14)30-19-12-9-16(29-19)13-18-20(24)27-23(25-21(18)28)31-22(26-27)15-5-3-2-4-6-15/h7-13,15,24H,2-6H2,1H3. The van der Waals surface area contributed by atoms with Crippen LogP contribution in [0.4, 0.5) is 0 Å². The van der Waals surface area contributed by atoms with Crippen LogP contribution in [0.5, 0.6) is 0 Å². The molecule has 0 spiro atoms. The molecule has 1 N–H and O–H groups in total. The number of amides is 1. The second-order valence-corrected chi connectivity index (χ2v) is 9.93. The fraction of sp³-hybridized carbons (Fsp3) is 0.304. The molecule has 0 saturated heterocycles. The van der Waals surface area contributed by atoms with E-state index < -0.39 is 5.91 Å². The minimum Gasteiger partial charge on any atom is -0.450 e. The van der Waals surface area contributed by atoms with Gasteiger partial charge in [-0.1, -0.05) is 48.7 Å². The number of amidine groups is 2. The fourth-order valence-electron chi connectivity index (χ4n) is 3.85. The molecule has 3 heterocycles. The molecule has 0 radical (unpaired) electrons. The van der Waals surface area contributed by atoms with Gasteiger partial charge in [0.15, 0.2) is 10.9 Å². The Morgan fingerprint density at radius 1 is 1.16 bits per heavy atom. The summed E-state index contributed by atoms with van der Waals surface area (Å²) in [5, 5.41) is 16.9. The summed E-state index contributed by atoms with van der Waals surface area (Å²) < 4.78 is 5.87. The first-order chi connectivity index (χ1) is 15.1. The molecule has 0 bridgehead atoms. The number of nitrogens with one attached hydrogen (secondary N) is 1. The van der Waals surface area contributed by atoms with Crippen LogP contribution >= 0.6 is 23.5 Å². The number of aryl methyl sites for hydroxylation is 1. The van der Waals surface area contributed by atoms with Crippen molar-refractivity contribution in [2.75, 3.05) is 0 Å². The fourth-order valence-corrected chi connectivity index (χ4v) is 5.69. The summed E-state index contributed by atoms with van der Waals surface area (Å²) in [7, 11) is 0. The third kappa shape index (κ3) is 4.27. The van der Waals surface area contributed by atoms with Crippen LogP contribution in [-0.4, -0.2) is 27.0 Å². The lowest BCUT2D eigenvalue weighted by molar-refractivity contribution is -0.114. The van der Waals surface area contributed by atoms with E-state index in [1.54, 1.807) is 12.1 Å². The number of aliphatic imine (C=N–C) groups is 1. The lowest BCUT2D eigenvalue weighted by Crippen LogP contribution is -2.35. The number of nitrogens with zero attached hydrogens (tertiary/aromatic N) is 3. The van der Waals surface area contributed by atoms with Gasteiger partial charge >= 0.3 is 0 Å². The zero-order valence-corrected chi connectivity index (χ0v) is 18.8. The Bertz CT molecular complexity index is 1120. The molecule has 1 amide bonds. The number of rotatable bonds is 4. The zero-order valence-electron chi connectivity index (χ0n) is 17.1. The molecule has 5 rings (SSSR count). The summed E-state index contributed by atoms with van der Waals surface area (Å²) in [6, 6.07) is 11.9. The molecule has 2 aromatic rings. The van der Waals surface area contributed by atoms with Gasteiger partial charge in [-0.2, -0.15) is 15.1 Å². The number of carbonyl (C=O) groups is 1. The Morgan fingerprint density at radius 2 is 1.94 bits per heavy atom. The maximum absolute atomic E-state index is 12.6. The van der Waals surface area contributed by atoms with Crippen molar-refractivity contribution in [3.8, 4) is 0 Å². The summed E-state index contributed by atoms with van der Waals surface area (Å²) in [5.41, 5.74) is 1.40. The minimum absolute atomic E-state index is 0.0532. The summed E-state index contributed by atoms with van der Waals surface area (Å²) in [4.78, 5) is 17.9. The number of hydrogen-bond donors (Lipinski definition) is 1. The van der Waals surface area contributed by atoms with Gasteiger partial charge in [0.05, 0.1) is 5.57 Å². The average molecular weight is 451 g/mol. The van der Waals surface area contributed by atoms with E-state index in [1.165, 1.54) is 53.4 Å². The van der Waals surface area contributed by atoms with Crippen LogP contribution in [-0.2, 0) is 4.79 Å². The van der Waals surface area contributed by atoms with Crippen LogP contribution < -0.4 is 0 Å². The molecule has 1 aliphatic carbocycles. The van der Waals surface area contributed by atoms with Crippen molar-refractivity contribution in [1.82, 2.24) is 5.01 Å². The quantitative estimate of drug-likeness (QED) is 0.583. The number of fused-ring (bicyclic) bond motifs is 1. The first-order valence-corrected chi connectivity index (χ1v) is 12.0. The van der Waals surface area contributed by atoms with Gasteiger partial charge in [0.1, 0.15) is 10.8 Å². The van der Waals surface area contributed by atoms with Crippen LogP contribution in [0.25, 0.3) is 6.08 Å². The highest BCUT2D eigenvalue weighted by Gasteiger charge is 2.38. The molecule has 2 aliphatic heterocycles. The molecule has 0 atom stereocenters. The highest BCUT2D eigenvalue weighted by molar-refractivity contribution is 8.27. The van der Waals surface area contributed by atoms with E-state index in [9.17, 15) is 4.79 Å². The first-order valence-electron chi connectivity index (χ1n) is 10.4. The van der Waals surface area contributed by atoms with Gasteiger partial charge in [0.25, 0.3) is 5.91 Å². The summed E-state index contributed by atoms with van der Waals surface area (Å²) in [6.07, 6.45) is 7.51. The van der Waals surface area contributed by atoms with Crippen LogP contribution in [0.3, 0.4) is 0 Å². The van der Waals surface area contributed by atoms with Crippen molar-refractivity contribution in [1.29, 1.82) is 5.41 Å².